The van der Waals surface area contributed by atoms with Crippen LogP contribution in [0.3, 0.4) is 0 Å². The Hall–Kier alpha value is -1.51. The van der Waals surface area contributed by atoms with Gasteiger partial charge in [0.2, 0.25) is 0 Å². The van der Waals surface area contributed by atoms with E-state index in [0.717, 1.165) is 23.3 Å². The van der Waals surface area contributed by atoms with E-state index in [1.54, 1.807) is 0 Å². The SMILES string of the molecule is CC(=O)O[C@@H]1CCOc2c(C)cccc21. The van der Waals surface area contributed by atoms with Crippen LogP contribution in [0.4, 0.5) is 0 Å². The van der Waals surface area contributed by atoms with Crippen LogP contribution in [0.15, 0.2) is 18.2 Å². The van der Waals surface area contributed by atoms with E-state index >= 15 is 0 Å². The fourth-order valence-electron chi connectivity index (χ4n) is 1.87. The Labute approximate surface area is 89.0 Å². The average molecular weight is 206 g/mol. The third kappa shape index (κ3) is 1.96. The van der Waals surface area contributed by atoms with Crippen molar-refractivity contribution in [3.8, 4) is 5.75 Å². The maximum Gasteiger partial charge on any atom is 0.303 e. The number of ether oxygens (including phenoxy) is 2. The Kier molecular flexibility index (Phi) is 2.62. The largest absolute Gasteiger partial charge is 0.493 e. The molecule has 0 fully saturated rings. The number of hydrogen-bond acceptors (Lipinski definition) is 3. The van der Waals surface area contributed by atoms with E-state index in [2.05, 4.69) is 0 Å². The maximum atomic E-state index is 10.9. The van der Waals surface area contributed by atoms with Gasteiger partial charge in [-0.05, 0) is 12.5 Å². The Morgan fingerprint density at radius 1 is 1.53 bits per heavy atom. The van der Waals surface area contributed by atoms with Gasteiger partial charge in [0, 0.05) is 18.9 Å². The smallest absolute Gasteiger partial charge is 0.303 e. The number of carbonyl (C=O) groups excluding carboxylic acids is 1. The molecule has 1 heterocycles. The summed E-state index contributed by atoms with van der Waals surface area (Å²) < 4.78 is 10.8. The quantitative estimate of drug-likeness (QED) is 0.662. The van der Waals surface area contributed by atoms with Gasteiger partial charge in [-0.2, -0.15) is 0 Å². The first-order chi connectivity index (χ1) is 7.18. The van der Waals surface area contributed by atoms with E-state index < -0.39 is 0 Å². The first-order valence-electron chi connectivity index (χ1n) is 5.08. The van der Waals surface area contributed by atoms with Crippen molar-refractivity contribution >= 4 is 5.97 Å². The lowest BCUT2D eigenvalue weighted by Crippen LogP contribution is -2.19. The van der Waals surface area contributed by atoms with Crippen LogP contribution in [-0.4, -0.2) is 12.6 Å². The third-order valence-corrected chi connectivity index (χ3v) is 2.52. The number of para-hydroxylation sites is 1. The van der Waals surface area contributed by atoms with Gasteiger partial charge in [-0.25, -0.2) is 0 Å². The summed E-state index contributed by atoms with van der Waals surface area (Å²) in [6.07, 6.45) is 0.585. The van der Waals surface area contributed by atoms with Gasteiger partial charge >= 0.3 is 5.97 Å². The number of benzene rings is 1. The van der Waals surface area contributed by atoms with Crippen LogP contribution >= 0.6 is 0 Å². The molecule has 0 unspecified atom stereocenters. The summed E-state index contributed by atoms with van der Waals surface area (Å²) in [5.41, 5.74) is 2.07. The normalized spacial score (nSPS) is 18.9. The Balaban J connectivity index is 2.34. The maximum absolute atomic E-state index is 10.9. The van der Waals surface area contributed by atoms with E-state index in [1.165, 1.54) is 6.92 Å². The number of hydrogen-bond donors (Lipinski definition) is 0. The molecule has 0 saturated carbocycles. The van der Waals surface area contributed by atoms with E-state index in [1.807, 2.05) is 25.1 Å². The van der Waals surface area contributed by atoms with E-state index in [9.17, 15) is 4.79 Å². The second-order valence-corrected chi connectivity index (χ2v) is 3.73. The van der Waals surface area contributed by atoms with Crippen molar-refractivity contribution in [1.29, 1.82) is 0 Å². The van der Waals surface area contributed by atoms with Crippen molar-refractivity contribution < 1.29 is 14.3 Å². The van der Waals surface area contributed by atoms with Crippen molar-refractivity contribution in [3.05, 3.63) is 29.3 Å². The van der Waals surface area contributed by atoms with E-state index in [0.29, 0.717) is 6.61 Å². The van der Waals surface area contributed by atoms with Crippen LogP contribution in [0.5, 0.6) is 5.75 Å². The Bertz CT molecular complexity index is 384. The molecular formula is C12H14O3. The summed E-state index contributed by atoms with van der Waals surface area (Å²) in [6, 6.07) is 5.91. The first kappa shape index (κ1) is 10.0. The van der Waals surface area contributed by atoms with Crippen molar-refractivity contribution in [2.45, 2.75) is 26.4 Å². The Morgan fingerprint density at radius 2 is 2.33 bits per heavy atom. The first-order valence-corrected chi connectivity index (χ1v) is 5.08. The van der Waals surface area contributed by atoms with Crippen molar-refractivity contribution in [2.24, 2.45) is 0 Å². The molecule has 3 heteroatoms. The summed E-state index contributed by atoms with van der Waals surface area (Å²) >= 11 is 0. The standard InChI is InChI=1S/C12H14O3/c1-8-4-3-5-10-11(15-9(2)13)6-7-14-12(8)10/h3-5,11H,6-7H2,1-2H3/t11-/m1/s1. The molecule has 80 valence electrons. The number of rotatable bonds is 1. The van der Waals surface area contributed by atoms with Crippen molar-refractivity contribution in [2.75, 3.05) is 6.61 Å². The van der Waals surface area contributed by atoms with Crippen LogP contribution in [0.2, 0.25) is 0 Å². The van der Waals surface area contributed by atoms with Gasteiger partial charge in [0.05, 0.1) is 6.61 Å². The van der Waals surface area contributed by atoms with Crippen LogP contribution in [0.25, 0.3) is 0 Å². The van der Waals surface area contributed by atoms with Gasteiger partial charge in [-0.15, -0.1) is 0 Å². The molecule has 1 aromatic rings. The highest BCUT2D eigenvalue weighted by molar-refractivity contribution is 5.66. The van der Waals surface area contributed by atoms with Crippen LogP contribution in [-0.2, 0) is 9.53 Å². The summed E-state index contributed by atoms with van der Waals surface area (Å²) in [6.45, 7) is 4.04. The second-order valence-electron chi connectivity index (χ2n) is 3.73. The highest BCUT2D eigenvalue weighted by Crippen LogP contribution is 2.36. The molecule has 0 radical (unpaired) electrons. The molecule has 0 bridgehead atoms. The van der Waals surface area contributed by atoms with Gasteiger partial charge in [0.1, 0.15) is 11.9 Å². The molecule has 1 aliphatic heterocycles. The molecule has 2 rings (SSSR count). The minimum atomic E-state index is -0.241. The van der Waals surface area contributed by atoms with Crippen LogP contribution < -0.4 is 4.74 Å². The predicted molar refractivity (Wildman–Crippen MR) is 55.8 cm³/mol. The molecule has 0 saturated heterocycles. The Morgan fingerprint density at radius 3 is 3.07 bits per heavy atom. The average Bonchev–Trinajstić information content (AvgIpc) is 2.19. The number of esters is 1. The summed E-state index contributed by atoms with van der Waals surface area (Å²) in [7, 11) is 0. The predicted octanol–water partition coefficient (Wildman–Crippen LogP) is 2.38. The van der Waals surface area contributed by atoms with Gasteiger partial charge in [-0.1, -0.05) is 18.2 Å². The minimum Gasteiger partial charge on any atom is -0.493 e. The molecule has 1 atom stereocenters. The number of carbonyl (C=O) groups is 1. The van der Waals surface area contributed by atoms with Gasteiger partial charge in [0.25, 0.3) is 0 Å². The van der Waals surface area contributed by atoms with Crippen molar-refractivity contribution in [3.63, 3.8) is 0 Å². The minimum absolute atomic E-state index is 0.147. The molecule has 0 N–H and O–H groups in total. The third-order valence-electron chi connectivity index (χ3n) is 2.52. The van der Waals surface area contributed by atoms with Gasteiger partial charge < -0.3 is 9.47 Å². The molecule has 0 spiro atoms. The molecular weight excluding hydrogens is 192 g/mol. The highest BCUT2D eigenvalue weighted by Gasteiger charge is 2.24. The van der Waals surface area contributed by atoms with Gasteiger partial charge in [0.15, 0.2) is 0 Å². The summed E-state index contributed by atoms with van der Waals surface area (Å²) in [5, 5.41) is 0. The summed E-state index contributed by atoms with van der Waals surface area (Å²) in [4.78, 5) is 10.9. The van der Waals surface area contributed by atoms with E-state index in [4.69, 9.17) is 9.47 Å². The molecule has 0 aliphatic carbocycles. The zero-order valence-electron chi connectivity index (χ0n) is 8.95. The monoisotopic (exact) mass is 206 g/mol. The lowest BCUT2D eigenvalue weighted by Gasteiger charge is -2.26. The zero-order valence-corrected chi connectivity index (χ0v) is 8.95. The number of aryl methyl sites for hydroxylation is 1. The zero-order chi connectivity index (χ0) is 10.8. The lowest BCUT2D eigenvalue weighted by atomic mass is 10.0. The lowest BCUT2D eigenvalue weighted by molar-refractivity contribution is -0.148. The van der Waals surface area contributed by atoms with Crippen LogP contribution in [0, 0.1) is 6.92 Å². The second kappa shape index (κ2) is 3.93. The molecule has 0 aromatic heterocycles. The van der Waals surface area contributed by atoms with Crippen molar-refractivity contribution in [1.82, 2.24) is 0 Å². The van der Waals surface area contributed by atoms with E-state index in [-0.39, 0.29) is 12.1 Å². The highest BCUT2D eigenvalue weighted by atomic mass is 16.5. The molecule has 1 aromatic carbocycles. The number of fused-ring (bicyclic) bond motifs is 1. The fourth-order valence-corrected chi connectivity index (χ4v) is 1.87. The van der Waals surface area contributed by atoms with Gasteiger partial charge in [-0.3, -0.25) is 4.79 Å². The summed E-state index contributed by atoms with van der Waals surface area (Å²) in [5.74, 6) is 0.629. The molecule has 0 amide bonds. The molecule has 1 aliphatic rings. The topological polar surface area (TPSA) is 35.5 Å². The van der Waals surface area contributed by atoms with Crippen LogP contribution in [0.1, 0.15) is 30.6 Å². The molecule has 3 nitrogen and oxygen atoms in total. The molecule has 15 heavy (non-hydrogen) atoms. The fraction of sp³-hybridized carbons (Fsp3) is 0.417.